The number of anilines is 1. The number of likely N-dealkylation sites (N-methyl/N-ethyl adjacent to an activating group) is 1. The molecule has 5 nitrogen and oxygen atoms in total. The quantitative estimate of drug-likeness (QED) is 0.797. The van der Waals surface area contributed by atoms with Gasteiger partial charge in [-0.1, -0.05) is 0 Å². The van der Waals surface area contributed by atoms with E-state index in [2.05, 4.69) is 33.3 Å². The Hall–Kier alpha value is -1.11. The summed E-state index contributed by atoms with van der Waals surface area (Å²) in [6.45, 7) is 3.61. The lowest BCUT2D eigenvalue weighted by molar-refractivity contribution is 0.0662. The lowest BCUT2D eigenvalue weighted by Gasteiger charge is -2.32. The molecular weight excluding hydrogens is 296 g/mol. The molecule has 2 rings (SSSR count). The Labute approximate surface area is 115 Å². The van der Waals surface area contributed by atoms with E-state index in [-0.39, 0.29) is 5.91 Å². The molecule has 3 N–H and O–H groups in total. The molecule has 0 aromatic heterocycles. The van der Waals surface area contributed by atoms with E-state index in [1.165, 1.54) is 0 Å². The molecule has 0 bridgehead atoms. The van der Waals surface area contributed by atoms with Crippen LogP contribution in [0.3, 0.4) is 0 Å². The van der Waals surface area contributed by atoms with Crippen LogP contribution in [0.5, 0.6) is 0 Å². The van der Waals surface area contributed by atoms with Crippen molar-refractivity contribution >= 4 is 27.5 Å². The molecule has 0 radical (unpaired) electrons. The molecule has 1 aromatic carbocycles. The fourth-order valence-electron chi connectivity index (χ4n) is 1.81. The van der Waals surface area contributed by atoms with Crippen LogP contribution in [0, 0.1) is 0 Å². The van der Waals surface area contributed by atoms with Crippen LogP contribution in [-0.4, -0.2) is 49.0 Å². The maximum atomic E-state index is 12.0. The van der Waals surface area contributed by atoms with E-state index in [0.717, 1.165) is 30.7 Å². The van der Waals surface area contributed by atoms with Gasteiger partial charge < -0.3 is 10.6 Å². The van der Waals surface area contributed by atoms with Crippen molar-refractivity contribution in [3.05, 3.63) is 28.2 Å². The van der Waals surface area contributed by atoms with Gasteiger partial charge in [0.05, 0.1) is 0 Å². The van der Waals surface area contributed by atoms with Crippen molar-refractivity contribution < 1.29 is 4.79 Å². The maximum absolute atomic E-state index is 12.0. The Kier molecular flexibility index (Phi) is 4.21. The average Bonchev–Trinajstić information content (AvgIpc) is 2.35. The molecule has 0 atom stereocenters. The van der Waals surface area contributed by atoms with E-state index in [0.29, 0.717) is 11.3 Å². The highest BCUT2D eigenvalue weighted by Gasteiger charge is 2.16. The van der Waals surface area contributed by atoms with Gasteiger partial charge in [-0.3, -0.25) is 10.2 Å². The van der Waals surface area contributed by atoms with Gasteiger partial charge in [0.1, 0.15) is 0 Å². The van der Waals surface area contributed by atoms with Crippen LogP contribution in [0.2, 0.25) is 0 Å². The van der Waals surface area contributed by atoms with Crippen LogP contribution in [0.4, 0.5) is 5.69 Å². The van der Waals surface area contributed by atoms with Crippen LogP contribution >= 0.6 is 15.9 Å². The first-order chi connectivity index (χ1) is 8.56. The van der Waals surface area contributed by atoms with Gasteiger partial charge in [-0.05, 0) is 41.2 Å². The van der Waals surface area contributed by atoms with Crippen molar-refractivity contribution in [2.75, 3.05) is 39.0 Å². The predicted octanol–water partition coefficient (Wildman–Crippen LogP) is 0.923. The molecule has 0 aliphatic carbocycles. The van der Waals surface area contributed by atoms with E-state index >= 15 is 0 Å². The van der Waals surface area contributed by atoms with Gasteiger partial charge in [0.15, 0.2) is 0 Å². The number of amides is 1. The largest absolute Gasteiger partial charge is 0.398 e. The Morgan fingerprint density at radius 3 is 2.61 bits per heavy atom. The Morgan fingerprint density at radius 1 is 1.33 bits per heavy atom. The van der Waals surface area contributed by atoms with Crippen molar-refractivity contribution in [2.45, 2.75) is 0 Å². The summed E-state index contributed by atoms with van der Waals surface area (Å²) in [7, 11) is 2.08. The highest BCUT2D eigenvalue weighted by molar-refractivity contribution is 9.10. The molecule has 1 fully saturated rings. The van der Waals surface area contributed by atoms with Crippen LogP contribution in [0.25, 0.3) is 0 Å². The van der Waals surface area contributed by atoms with Crippen molar-refractivity contribution in [3.63, 3.8) is 0 Å². The summed E-state index contributed by atoms with van der Waals surface area (Å²) in [5.41, 5.74) is 9.81. The molecule has 1 amide bonds. The Morgan fingerprint density at radius 2 is 2.00 bits per heavy atom. The number of nitrogens with zero attached hydrogens (tertiary/aromatic N) is 2. The fraction of sp³-hybridized carbons (Fsp3) is 0.417. The van der Waals surface area contributed by atoms with Crippen molar-refractivity contribution in [3.8, 4) is 0 Å². The predicted molar refractivity (Wildman–Crippen MR) is 75.1 cm³/mol. The fourth-order valence-corrected chi connectivity index (χ4v) is 2.06. The molecule has 1 aliphatic heterocycles. The monoisotopic (exact) mass is 312 g/mol. The Bertz CT molecular complexity index is 444. The average molecular weight is 313 g/mol. The summed E-state index contributed by atoms with van der Waals surface area (Å²) < 4.78 is 0.804. The minimum Gasteiger partial charge on any atom is -0.398 e. The molecule has 0 unspecified atom stereocenters. The number of nitrogens with one attached hydrogen (secondary N) is 1. The van der Waals surface area contributed by atoms with E-state index in [4.69, 9.17) is 5.73 Å². The highest BCUT2D eigenvalue weighted by Crippen LogP contribution is 2.20. The SMILES string of the molecule is CN1CCN(NC(=O)c2ccc(Br)c(N)c2)CC1. The molecule has 98 valence electrons. The second-order valence-electron chi connectivity index (χ2n) is 4.47. The van der Waals surface area contributed by atoms with Gasteiger partial charge in [-0.2, -0.15) is 0 Å². The molecule has 1 aromatic rings. The number of hydrogen-bond acceptors (Lipinski definition) is 4. The minimum absolute atomic E-state index is 0.112. The van der Waals surface area contributed by atoms with Crippen LogP contribution in [-0.2, 0) is 0 Å². The summed E-state index contributed by atoms with van der Waals surface area (Å²) >= 11 is 3.31. The van der Waals surface area contributed by atoms with E-state index in [1.807, 2.05) is 5.01 Å². The smallest absolute Gasteiger partial charge is 0.265 e. The number of piperazine rings is 1. The summed E-state index contributed by atoms with van der Waals surface area (Å²) in [4.78, 5) is 14.3. The van der Waals surface area contributed by atoms with Gasteiger partial charge in [0, 0.05) is 41.9 Å². The molecule has 0 saturated carbocycles. The number of benzene rings is 1. The van der Waals surface area contributed by atoms with Crippen molar-refractivity contribution in [2.24, 2.45) is 0 Å². The number of rotatable bonds is 2. The zero-order chi connectivity index (χ0) is 13.1. The topological polar surface area (TPSA) is 61.6 Å². The number of carbonyl (C=O) groups excluding carboxylic acids is 1. The third kappa shape index (κ3) is 3.22. The molecule has 18 heavy (non-hydrogen) atoms. The van der Waals surface area contributed by atoms with Crippen LogP contribution < -0.4 is 11.2 Å². The lowest BCUT2D eigenvalue weighted by Crippen LogP contribution is -2.52. The number of halogens is 1. The molecule has 1 saturated heterocycles. The zero-order valence-electron chi connectivity index (χ0n) is 10.3. The first-order valence-electron chi connectivity index (χ1n) is 5.86. The van der Waals surface area contributed by atoms with Crippen LogP contribution in [0.15, 0.2) is 22.7 Å². The summed E-state index contributed by atoms with van der Waals surface area (Å²) in [5.74, 6) is -0.112. The van der Waals surface area contributed by atoms with E-state index in [9.17, 15) is 4.79 Å². The molecular formula is C12H17BrN4O. The highest BCUT2D eigenvalue weighted by atomic mass is 79.9. The number of hydrogen-bond donors (Lipinski definition) is 2. The summed E-state index contributed by atoms with van der Waals surface area (Å²) in [6.07, 6.45) is 0. The molecule has 1 aliphatic rings. The first kappa shape index (κ1) is 13.3. The first-order valence-corrected chi connectivity index (χ1v) is 6.65. The number of nitrogens with two attached hydrogens (primary N) is 1. The van der Waals surface area contributed by atoms with Gasteiger partial charge in [-0.25, -0.2) is 5.01 Å². The van der Waals surface area contributed by atoms with E-state index in [1.54, 1.807) is 18.2 Å². The molecule has 1 heterocycles. The third-order valence-electron chi connectivity index (χ3n) is 3.02. The summed E-state index contributed by atoms with van der Waals surface area (Å²) in [5, 5.41) is 1.95. The van der Waals surface area contributed by atoms with Crippen molar-refractivity contribution in [1.29, 1.82) is 0 Å². The number of carbonyl (C=O) groups is 1. The summed E-state index contributed by atoms with van der Waals surface area (Å²) in [6, 6.07) is 5.22. The third-order valence-corrected chi connectivity index (χ3v) is 3.74. The minimum atomic E-state index is -0.112. The lowest BCUT2D eigenvalue weighted by atomic mass is 10.2. The molecule has 6 heteroatoms. The van der Waals surface area contributed by atoms with Crippen molar-refractivity contribution in [1.82, 2.24) is 15.3 Å². The van der Waals surface area contributed by atoms with Gasteiger partial charge in [-0.15, -0.1) is 0 Å². The van der Waals surface area contributed by atoms with Gasteiger partial charge in [0.2, 0.25) is 0 Å². The normalized spacial score (nSPS) is 17.7. The zero-order valence-corrected chi connectivity index (χ0v) is 11.9. The van der Waals surface area contributed by atoms with E-state index < -0.39 is 0 Å². The van der Waals surface area contributed by atoms with Gasteiger partial charge >= 0.3 is 0 Å². The standard InChI is InChI=1S/C12H17BrN4O/c1-16-4-6-17(7-5-16)15-12(18)9-2-3-10(13)11(14)8-9/h2-3,8H,4-7,14H2,1H3,(H,15,18). The van der Waals surface area contributed by atoms with Gasteiger partial charge in [0.25, 0.3) is 5.91 Å². The van der Waals surface area contributed by atoms with Crippen LogP contribution in [0.1, 0.15) is 10.4 Å². The number of hydrazine groups is 1. The second kappa shape index (κ2) is 5.69. The number of nitrogen functional groups attached to an aromatic ring is 1. The maximum Gasteiger partial charge on any atom is 0.265 e. The molecule has 0 spiro atoms. The Balaban J connectivity index is 1.97. The second-order valence-corrected chi connectivity index (χ2v) is 5.32.